The van der Waals surface area contributed by atoms with Crippen LogP contribution in [0.4, 0.5) is 8.78 Å². The van der Waals surface area contributed by atoms with Gasteiger partial charge in [-0.1, -0.05) is 11.6 Å². The molecular weight excluding hydrogens is 516 g/mol. The highest BCUT2D eigenvalue weighted by Crippen LogP contribution is 2.32. The number of hydrogen-bond donors (Lipinski definition) is 2. The Balaban J connectivity index is 1.12. The predicted octanol–water partition coefficient (Wildman–Crippen LogP) is 2.79. The molecule has 1 aromatic carbocycles. The lowest BCUT2D eigenvalue weighted by atomic mass is 10.1. The van der Waals surface area contributed by atoms with Crippen molar-refractivity contribution in [1.82, 2.24) is 15.0 Å². The van der Waals surface area contributed by atoms with Crippen molar-refractivity contribution in [3.05, 3.63) is 40.4 Å². The predicted molar refractivity (Wildman–Crippen MR) is 124 cm³/mol. The molecule has 0 saturated carbocycles. The number of rotatable bonds is 8. The lowest BCUT2D eigenvalue weighted by Crippen LogP contribution is -2.34. The van der Waals surface area contributed by atoms with Crippen molar-refractivity contribution in [2.45, 2.75) is 37.4 Å². The molecule has 13 heteroatoms. The largest absolute Gasteiger partial charge is 0.493 e. The summed E-state index contributed by atoms with van der Waals surface area (Å²) in [6.45, 7) is 1.55. The van der Waals surface area contributed by atoms with Gasteiger partial charge in [0.25, 0.3) is 6.01 Å². The average Bonchev–Trinajstić information content (AvgIpc) is 3.65. The summed E-state index contributed by atoms with van der Waals surface area (Å²) >= 11 is 6.28. The van der Waals surface area contributed by atoms with Crippen LogP contribution in [-0.4, -0.2) is 77.5 Å². The minimum atomic E-state index is -0.804. The van der Waals surface area contributed by atoms with Crippen molar-refractivity contribution >= 4 is 22.8 Å². The molecule has 3 unspecified atom stereocenters. The molecule has 3 fully saturated rings. The van der Waals surface area contributed by atoms with Crippen molar-refractivity contribution in [3.63, 3.8) is 0 Å². The zero-order valence-electron chi connectivity index (χ0n) is 19.5. The van der Waals surface area contributed by atoms with Gasteiger partial charge in [0.1, 0.15) is 47.3 Å². The third kappa shape index (κ3) is 5.04. The molecule has 198 valence electrons. The summed E-state index contributed by atoms with van der Waals surface area (Å²) in [4.78, 5) is 11.5. The zero-order chi connectivity index (χ0) is 25.5. The molecule has 5 heterocycles. The summed E-state index contributed by atoms with van der Waals surface area (Å²) in [6, 6.07) is 3.93. The first-order valence-electron chi connectivity index (χ1n) is 11.9. The van der Waals surface area contributed by atoms with E-state index in [1.807, 2.05) is 0 Å². The minimum absolute atomic E-state index is 0.0425. The van der Waals surface area contributed by atoms with Crippen LogP contribution < -0.4 is 14.2 Å². The molecule has 0 spiro atoms. The van der Waals surface area contributed by atoms with Gasteiger partial charge in [0, 0.05) is 24.7 Å². The molecule has 3 aliphatic rings. The minimum Gasteiger partial charge on any atom is -0.493 e. The van der Waals surface area contributed by atoms with Crippen molar-refractivity contribution < 1.29 is 42.3 Å². The molecule has 5 atom stereocenters. The quantitative estimate of drug-likeness (QED) is 0.445. The van der Waals surface area contributed by atoms with Crippen LogP contribution in [0.5, 0.6) is 17.6 Å². The molecule has 37 heavy (non-hydrogen) atoms. The van der Waals surface area contributed by atoms with E-state index in [4.69, 9.17) is 40.0 Å². The standard InChI is InChI=1S/C24H24ClF2N3O7/c25-14-5-17-22(30-24(28-17)37-19-10-35-20-18(31)9-34-21(19)20)29-23(14)36-8-13-15(26)3-12(4-16(13)27)33-7-11-1-2-32-6-11/h3-5,11,18-21,31H,1-2,6-10H2,(H,28,29,30)/t11?,18-,19-,20?,21?/m1/s1. The Morgan fingerprint density at radius 1 is 1.05 bits per heavy atom. The number of nitrogens with one attached hydrogen (secondary N) is 1. The molecule has 3 saturated heterocycles. The van der Waals surface area contributed by atoms with E-state index in [9.17, 15) is 13.9 Å². The fraction of sp³-hybridized carbons (Fsp3) is 0.500. The maximum absolute atomic E-state index is 14.6. The number of halogens is 3. The molecule has 6 rings (SSSR count). The number of ether oxygens (including phenoxy) is 6. The van der Waals surface area contributed by atoms with E-state index in [1.165, 1.54) is 6.07 Å². The van der Waals surface area contributed by atoms with Gasteiger partial charge in [0.15, 0.2) is 11.8 Å². The monoisotopic (exact) mass is 539 g/mol. The third-order valence-electron chi connectivity index (χ3n) is 6.60. The van der Waals surface area contributed by atoms with Crippen LogP contribution in [0.2, 0.25) is 5.02 Å². The van der Waals surface area contributed by atoms with Gasteiger partial charge in [-0.3, -0.25) is 0 Å². The van der Waals surface area contributed by atoms with Crippen LogP contribution in [0.25, 0.3) is 11.2 Å². The number of fused-ring (bicyclic) bond motifs is 2. The zero-order valence-corrected chi connectivity index (χ0v) is 20.2. The van der Waals surface area contributed by atoms with Crippen molar-refractivity contribution in [1.29, 1.82) is 0 Å². The van der Waals surface area contributed by atoms with Gasteiger partial charge in [-0.15, -0.1) is 0 Å². The number of H-pyrrole nitrogens is 1. The lowest BCUT2D eigenvalue weighted by Gasteiger charge is -2.15. The number of aromatic nitrogens is 3. The Labute approximate surface area is 214 Å². The Kier molecular flexibility index (Phi) is 6.76. The van der Waals surface area contributed by atoms with Gasteiger partial charge in [-0.2, -0.15) is 9.97 Å². The van der Waals surface area contributed by atoms with Crippen LogP contribution in [-0.2, 0) is 20.8 Å². The second-order valence-electron chi connectivity index (χ2n) is 9.20. The maximum atomic E-state index is 14.6. The topological polar surface area (TPSA) is 117 Å². The van der Waals surface area contributed by atoms with Crippen molar-refractivity contribution in [2.24, 2.45) is 5.92 Å². The van der Waals surface area contributed by atoms with E-state index in [1.54, 1.807) is 0 Å². The first kappa shape index (κ1) is 24.6. The van der Waals surface area contributed by atoms with E-state index >= 15 is 0 Å². The van der Waals surface area contributed by atoms with Gasteiger partial charge >= 0.3 is 0 Å². The molecule has 0 bridgehead atoms. The number of aliphatic hydroxyl groups excluding tert-OH is 1. The van der Waals surface area contributed by atoms with Crippen LogP contribution in [0.1, 0.15) is 12.0 Å². The summed E-state index contributed by atoms with van der Waals surface area (Å²) in [6.07, 6.45) is -1.15. The Hall–Kier alpha value is -2.77. The van der Waals surface area contributed by atoms with Crippen LogP contribution in [0.3, 0.4) is 0 Å². The number of imidazole rings is 1. The number of hydrogen-bond acceptors (Lipinski definition) is 9. The highest BCUT2D eigenvalue weighted by molar-refractivity contribution is 6.32. The Morgan fingerprint density at radius 3 is 2.65 bits per heavy atom. The van der Waals surface area contributed by atoms with Crippen LogP contribution in [0.15, 0.2) is 18.2 Å². The van der Waals surface area contributed by atoms with Crippen LogP contribution in [0, 0.1) is 17.6 Å². The summed E-state index contributed by atoms with van der Waals surface area (Å²) in [5, 5.41) is 10.00. The van der Waals surface area contributed by atoms with E-state index in [0.29, 0.717) is 25.3 Å². The summed E-state index contributed by atoms with van der Waals surface area (Å²) in [5.41, 5.74) is 0.426. The summed E-state index contributed by atoms with van der Waals surface area (Å²) < 4.78 is 62.6. The van der Waals surface area contributed by atoms with Gasteiger partial charge in [0.2, 0.25) is 5.88 Å². The molecule has 0 amide bonds. The highest BCUT2D eigenvalue weighted by atomic mass is 35.5. The molecular formula is C24H24ClF2N3O7. The third-order valence-corrected chi connectivity index (χ3v) is 6.87. The second kappa shape index (κ2) is 10.2. The molecule has 2 N–H and O–H groups in total. The van der Waals surface area contributed by atoms with Gasteiger partial charge < -0.3 is 38.5 Å². The fourth-order valence-corrected chi connectivity index (χ4v) is 4.80. The smallest absolute Gasteiger partial charge is 0.296 e. The van der Waals surface area contributed by atoms with Gasteiger partial charge in [0.05, 0.1) is 37.5 Å². The first-order chi connectivity index (χ1) is 17.9. The highest BCUT2D eigenvalue weighted by Gasteiger charge is 2.48. The first-order valence-corrected chi connectivity index (χ1v) is 12.3. The number of aromatic amines is 1. The number of benzene rings is 1. The van der Waals surface area contributed by atoms with E-state index in [0.717, 1.165) is 18.6 Å². The molecule has 3 aliphatic heterocycles. The van der Waals surface area contributed by atoms with E-state index in [2.05, 4.69) is 15.0 Å². The Bertz CT molecular complexity index is 1270. The fourth-order valence-electron chi connectivity index (χ4n) is 4.60. The molecule has 0 radical (unpaired) electrons. The number of nitrogens with zero attached hydrogens (tertiary/aromatic N) is 2. The van der Waals surface area contributed by atoms with E-state index in [-0.39, 0.29) is 53.0 Å². The molecule has 0 aliphatic carbocycles. The number of aliphatic hydroxyl groups is 1. The van der Waals surface area contributed by atoms with Crippen molar-refractivity contribution in [2.75, 3.05) is 33.0 Å². The van der Waals surface area contributed by atoms with Gasteiger partial charge in [-0.25, -0.2) is 8.78 Å². The van der Waals surface area contributed by atoms with Crippen LogP contribution >= 0.6 is 11.6 Å². The van der Waals surface area contributed by atoms with Gasteiger partial charge in [-0.05, 0) is 12.5 Å². The normalized spacial score (nSPS) is 27.1. The summed E-state index contributed by atoms with van der Waals surface area (Å²) in [5.74, 6) is -1.34. The average molecular weight is 540 g/mol. The SMILES string of the molecule is O[C@@H]1COC2C1OC[C@H]2Oc1nc2nc(OCc3c(F)cc(OCC4CCOC4)cc3F)c(Cl)cc2[nH]1. The lowest BCUT2D eigenvalue weighted by molar-refractivity contribution is 0.00706. The second-order valence-corrected chi connectivity index (χ2v) is 9.61. The molecule has 2 aromatic heterocycles. The number of pyridine rings is 1. The summed E-state index contributed by atoms with van der Waals surface area (Å²) in [7, 11) is 0. The Morgan fingerprint density at radius 2 is 1.86 bits per heavy atom. The van der Waals surface area contributed by atoms with Crippen molar-refractivity contribution in [3.8, 4) is 17.6 Å². The maximum Gasteiger partial charge on any atom is 0.296 e. The van der Waals surface area contributed by atoms with E-state index < -0.39 is 42.7 Å². The molecule has 10 nitrogen and oxygen atoms in total. The molecule has 3 aromatic rings.